The highest BCUT2D eigenvalue weighted by Gasteiger charge is 2.24. The van der Waals surface area contributed by atoms with Gasteiger partial charge in [0.05, 0.1) is 0 Å². The van der Waals surface area contributed by atoms with Crippen molar-refractivity contribution in [2.45, 2.75) is 0 Å². The smallest absolute Gasteiger partial charge is 0.298 e. The van der Waals surface area contributed by atoms with Crippen LogP contribution >= 0.6 is 11.6 Å². The van der Waals surface area contributed by atoms with Crippen LogP contribution in [0, 0.1) is 0 Å². The van der Waals surface area contributed by atoms with E-state index < -0.39 is 11.7 Å². The Hall–Kier alpha value is -3.44. The van der Waals surface area contributed by atoms with Crippen LogP contribution in [-0.2, 0) is 4.79 Å². The van der Waals surface area contributed by atoms with Gasteiger partial charge in [-0.1, -0.05) is 23.7 Å². The monoisotopic (exact) mass is 375 g/mol. The molecular weight excluding hydrogens is 362 g/mol. The molecule has 0 bridgehead atoms. The first-order chi connectivity index (χ1) is 13.1. The third kappa shape index (κ3) is 3.32. The molecule has 6 heteroatoms. The fourth-order valence-electron chi connectivity index (χ4n) is 2.93. The number of fused-ring (bicyclic) bond motifs is 1. The first-order valence-corrected chi connectivity index (χ1v) is 8.63. The van der Waals surface area contributed by atoms with E-state index in [1.165, 1.54) is 0 Å². The number of pyridine rings is 2. The topological polar surface area (TPSA) is 63.5 Å². The number of rotatable bonds is 4. The molecule has 4 aromatic rings. The van der Waals surface area contributed by atoms with E-state index in [0.717, 1.165) is 11.1 Å². The zero-order chi connectivity index (χ0) is 18.8. The molecule has 0 spiro atoms. The zero-order valence-corrected chi connectivity index (χ0v) is 14.9. The Kier molecular flexibility index (Phi) is 4.44. The largest absolute Gasteiger partial charge is 0.319 e. The zero-order valence-electron chi connectivity index (χ0n) is 14.1. The number of halogens is 1. The molecule has 0 fully saturated rings. The van der Waals surface area contributed by atoms with Crippen molar-refractivity contribution in [3.63, 3.8) is 0 Å². The summed E-state index contributed by atoms with van der Waals surface area (Å²) in [6.45, 7) is 0. The Morgan fingerprint density at radius 2 is 1.81 bits per heavy atom. The minimum atomic E-state index is -0.716. The molecule has 1 N–H and O–H groups in total. The van der Waals surface area contributed by atoms with Crippen LogP contribution in [0.3, 0.4) is 0 Å². The molecule has 4 rings (SSSR count). The summed E-state index contributed by atoms with van der Waals surface area (Å²) in [4.78, 5) is 29.7. The minimum Gasteiger partial charge on any atom is -0.319 e. The Morgan fingerprint density at radius 3 is 2.56 bits per heavy atom. The fourth-order valence-corrected chi connectivity index (χ4v) is 3.05. The summed E-state index contributed by atoms with van der Waals surface area (Å²) in [6.07, 6.45) is 5.09. The molecule has 0 aliphatic rings. The van der Waals surface area contributed by atoms with E-state index >= 15 is 0 Å². The van der Waals surface area contributed by atoms with Gasteiger partial charge in [-0.25, -0.2) is 0 Å². The Labute approximate surface area is 160 Å². The summed E-state index contributed by atoms with van der Waals surface area (Å²) in [5.74, 6) is -1.35. The quantitative estimate of drug-likeness (QED) is 0.422. The van der Waals surface area contributed by atoms with E-state index in [4.69, 9.17) is 11.6 Å². The minimum absolute atomic E-state index is 0.296. The molecule has 0 aliphatic heterocycles. The molecule has 3 aromatic heterocycles. The summed E-state index contributed by atoms with van der Waals surface area (Å²) in [5, 5.41) is 3.18. The molecule has 0 saturated carbocycles. The molecule has 0 saturated heterocycles. The first kappa shape index (κ1) is 17.0. The number of hydrogen-bond donors (Lipinski definition) is 1. The lowest BCUT2D eigenvalue weighted by Gasteiger charge is -2.07. The number of aromatic nitrogens is 2. The van der Waals surface area contributed by atoms with Crippen molar-refractivity contribution in [1.29, 1.82) is 0 Å². The molecule has 3 heterocycles. The van der Waals surface area contributed by atoms with Gasteiger partial charge in [0, 0.05) is 45.9 Å². The predicted octanol–water partition coefficient (Wildman–Crippen LogP) is 4.48. The summed E-state index contributed by atoms with van der Waals surface area (Å²) < 4.78 is 1.71. The second kappa shape index (κ2) is 7.05. The molecule has 27 heavy (non-hydrogen) atoms. The molecule has 1 aromatic carbocycles. The van der Waals surface area contributed by atoms with E-state index in [1.807, 2.05) is 30.3 Å². The molecule has 132 valence electrons. The van der Waals surface area contributed by atoms with Crippen LogP contribution in [0.15, 0.2) is 79.3 Å². The van der Waals surface area contributed by atoms with E-state index in [-0.39, 0.29) is 0 Å². The van der Waals surface area contributed by atoms with Crippen LogP contribution in [0.1, 0.15) is 10.5 Å². The average Bonchev–Trinajstić information content (AvgIpc) is 3.09. The van der Waals surface area contributed by atoms with Crippen LogP contribution in [0.5, 0.6) is 0 Å². The van der Waals surface area contributed by atoms with Crippen molar-refractivity contribution in [3.8, 4) is 11.1 Å². The Bertz CT molecular complexity index is 1140. The van der Waals surface area contributed by atoms with Crippen molar-refractivity contribution in [2.75, 3.05) is 5.32 Å². The Morgan fingerprint density at radius 1 is 1.00 bits per heavy atom. The number of benzene rings is 1. The van der Waals surface area contributed by atoms with Gasteiger partial charge in [0.1, 0.15) is 5.69 Å². The summed E-state index contributed by atoms with van der Waals surface area (Å²) in [6, 6.07) is 17.7. The first-order valence-electron chi connectivity index (χ1n) is 8.25. The number of carbonyl (C=O) groups is 2. The summed E-state index contributed by atoms with van der Waals surface area (Å²) in [5.41, 5.74) is 3.04. The SMILES string of the molecule is O=C(Nc1ccc(Cl)cc1)C(=O)c1c(-c2cccnc2)cc2ccccn12. The third-order valence-corrected chi connectivity index (χ3v) is 4.43. The number of Topliss-reactive ketones (excluding diaryl/α,β-unsaturated/α-hetero) is 1. The Balaban J connectivity index is 1.76. The van der Waals surface area contributed by atoms with Crippen LogP contribution < -0.4 is 5.32 Å². The van der Waals surface area contributed by atoms with Gasteiger partial charge in [0.15, 0.2) is 0 Å². The van der Waals surface area contributed by atoms with Crippen molar-refractivity contribution < 1.29 is 9.59 Å². The molecular formula is C21H14ClN3O2. The van der Waals surface area contributed by atoms with E-state index in [1.54, 1.807) is 53.3 Å². The molecule has 0 aliphatic carbocycles. The number of nitrogens with zero attached hydrogens (tertiary/aromatic N) is 2. The summed E-state index contributed by atoms with van der Waals surface area (Å²) >= 11 is 5.86. The van der Waals surface area contributed by atoms with Crippen LogP contribution in [0.25, 0.3) is 16.6 Å². The molecule has 0 unspecified atom stereocenters. The maximum atomic E-state index is 13.0. The highest BCUT2D eigenvalue weighted by atomic mass is 35.5. The maximum Gasteiger partial charge on any atom is 0.298 e. The molecule has 1 amide bonds. The van der Waals surface area contributed by atoms with Gasteiger partial charge in [-0.15, -0.1) is 0 Å². The van der Waals surface area contributed by atoms with Gasteiger partial charge in [-0.3, -0.25) is 14.6 Å². The highest BCUT2D eigenvalue weighted by Crippen LogP contribution is 2.28. The molecule has 0 radical (unpaired) electrons. The highest BCUT2D eigenvalue weighted by molar-refractivity contribution is 6.47. The van der Waals surface area contributed by atoms with Gasteiger partial charge in [0.2, 0.25) is 0 Å². The summed E-state index contributed by atoms with van der Waals surface area (Å²) in [7, 11) is 0. The number of amides is 1. The second-order valence-corrected chi connectivity index (χ2v) is 6.37. The van der Waals surface area contributed by atoms with Gasteiger partial charge in [-0.2, -0.15) is 0 Å². The lowest BCUT2D eigenvalue weighted by molar-refractivity contribution is -0.112. The maximum absolute atomic E-state index is 13.0. The number of anilines is 1. The fraction of sp³-hybridized carbons (Fsp3) is 0. The number of hydrogen-bond acceptors (Lipinski definition) is 3. The number of ketones is 1. The van der Waals surface area contributed by atoms with Crippen molar-refractivity contribution in [2.24, 2.45) is 0 Å². The molecule has 0 atom stereocenters. The van der Waals surface area contributed by atoms with Crippen molar-refractivity contribution in [1.82, 2.24) is 9.38 Å². The third-order valence-electron chi connectivity index (χ3n) is 4.18. The number of nitrogens with one attached hydrogen (secondary N) is 1. The van der Waals surface area contributed by atoms with Crippen LogP contribution in [0.4, 0.5) is 5.69 Å². The van der Waals surface area contributed by atoms with Gasteiger partial charge in [0.25, 0.3) is 11.7 Å². The normalized spacial score (nSPS) is 10.7. The second-order valence-electron chi connectivity index (χ2n) is 5.93. The lowest BCUT2D eigenvalue weighted by Crippen LogP contribution is -2.24. The number of carbonyl (C=O) groups excluding carboxylic acids is 2. The van der Waals surface area contributed by atoms with E-state index in [0.29, 0.717) is 22.0 Å². The van der Waals surface area contributed by atoms with Crippen molar-refractivity contribution in [3.05, 3.63) is 90.0 Å². The molecule has 5 nitrogen and oxygen atoms in total. The van der Waals surface area contributed by atoms with Crippen molar-refractivity contribution >= 4 is 34.5 Å². The van der Waals surface area contributed by atoms with E-state index in [2.05, 4.69) is 10.3 Å². The average molecular weight is 376 g/mol. The van der Waals surface area contributed by atoms with Gasteiger partial charge >= 0.3 is 0 Å². The van der Waals surface area contributed by atoms with Crippen LogP contribution in [0.2, 0.25) is 5.02 Å². The predicted molar refractivity (Wildman–Crippen MR) is 105 cm³/mol. The standard InChI is InChI=1S/C21H14ClN3O2/c22-15-6-8-16(9-7-15)24-21(27)20(26)19-18(14-4-3-10-23-13-14)12-17-5-1-2-11-25(17)19/h1-13H,(H,24,27). The van der Waals surface area contributed by atoms with Crippen LogP contribution in [-0.4, -0.2) is 21.1 Å². The van der Waals surface area contributed by atoms with Gasteiger partial charge < -0.3 is 9.72 Å². The van der Waals surface area contributed by atoms with Gasteiger partial charge in [-0.05, 0) is 48.5 Å². The van der Waals surface area contributed by atoms with E-state index in [9.17, 15) is 9.59 Å². The lowest BCUT2D eigenvalue weighted by atomic mass is 10.1.